The Morgan fingerprint density at radius 3 is 2.81 bits per heavy atom. The summed E-state index contributed by atoms with van der Waals surface area (Å²) in [6, 6.07) is 7.40. The van der Waals surface area contributed by atoms with E-state index in [0.717, 1.165) is 49.3 Å². The van der Waals surface area contributed by atoms with E-state index in [0.29, 0.717) is 11.5 Å². The number of hydrogen-bond donors (Lipinski definition) is 2. The second kappa shape index (κ2) is 5.69. The zero-order valence-corrected chi connectivity index (χ0v) is 12.2. The minimum Gasteiger partial charge on any atom is -0.399 e. The first kappa shape index (κ1) is 13.8. The lowest BCUT2D eigenvalue weighted by atomic mass is 10.1. The molecule has 3 N–H and O–H groups in total. The highest BCUT2D eigenvalue weighted by Crippen LogP contribution is 2.19. The van der Waals surface area contributed by atoms with E-state index in [4.69, 9.17) is 5.73 Å². The van der Waals surface area contributed by atoms with Gasteiger partial charge in [0.25, 0.3) is 5.56 Å². The summed E-state index contributed by atoms with van der Waals surface area (Å²) in [7, 11) is 0. The van der Waals surface area contributed by atoms with Crippen LogP contribution in [0.15, 0.2) is 29.1 Å². The van der Waals surface area contributed by atoms with Crippen molar-refractivity contribution in [1.82, 2.24) is 14.9 Å². The largest absolute Gasteiger partial charge is 0.399 e. The van der Waals surface area contributed by atoms with Crippen LogP contribution in [0.1, 0.15) is 24.6 Å². The van der Waals surface area contributed by atoms with Crippen LogP contribution in [0.4, 0.5) is 5.69 Å². The standard InChI is InChI=1S/C16H20N4O/c1-2-8-20-9-7-13-14(10-20)18-15(19-16(13)21)11-3-5-12(17)6-4-11/h3-6H,2,7-10,17H2,1H3,(H,18,19,21). The Kier molecular flexibility index (Phi) is 3.75. The molecule has 0 atom stereocenters. The summed E-state index contributed by atoms with van der Waals surface area (Å²) in [5, 5.41) is 0. The average molecular weight is 284 g/mol. The Balaban J connectivity index is 1.98. The second-order valence-electron chi connectivity index (χ2n) is 5.49. The number of hydrogen-bond acceptors (Lipinski definition) is 4. The second-order valence-corrected chi connectivity index (χ2v) is 5.49. The van der Waals surface area contributed by atoms with E-state index in [1.807, 2.05) is 24.3 Å². The maximum atomic E-state index is 12.3. The molecular weight excluding hydrogens is 264 g/mol. The molecule has 5 heteroatoms. The minimum atomic E-state index is -0.0111. The van der Waals surface area contributed by atoms with Crippen LogP contribution < -0.4 is 11.3 Å². The number of nitrogen functional groups attached to an aromatic ring is 1. The summed E-state index contributed by atoms with van der Waals surface area (Å²) in [5.41, 5.74) is 9.02. The monoisotopic (exact) mass is 284 g/mol. The van der Waals surface area contributed by atoms with E-state index in [-0.39, 0.29) is 5.56 Å². The Morgan fingerprint density at radius 1 is 1.33 bits per heavy atom. The van der Waals surface area contributed by atoms with Crippen LogP contribution in [0.2, 0.25) is 0 Å². The molecule has 21 heavy (non-hydrogen) atoms. The topological polar surface area (TPSA) is 75.0 Å². The van der Waals surface area contributed by atoms with Gasteiger partial charge in [-0.05, 0) is 43.7 Å². The highest BCUT2D eigenvalue weighted by atomic mass is 16.1. The van der Waals surface area contributed by atoms with E-state index in [2.05, 4.69) is 21.8 Å². The first-order valence-electron chi connectivity index (χ1n) is 7.37. The van der Waals surface area contributed by atoms with E-state index in [9.17, 15) is 4.79 Å². The SMILES string of the molecule is CCCN1CCc2c(nc(-c3ccc(N)cc3)[nH]c2=O)C1. The molecular formula is C16H20N4O. The Bertz CT molecular complexity index is 690. The molecule has 110 valence electrons. The van der Waals surface area contributed by atoms with Gasteiger partial charge in [-0.2, -0.15) is 0 Å². The summed E-state index contributed by atoms with van der Waals surface area (Å²) in [6.07, 6.45) is 1.89. The number of aromatic nitrogens is 2. The molecule has 0 aliphatic carbocycles. The molecule has 3 rings (SSSR count). The predicted octanol–water partition coefficient (Wildman–Crippen LogP) is 1.79. The Labute approximate surface area is 123 Å². The van der Waals surface area contributed by atoms with Crippen molar-refractivity contribution in [1.29, 1.82) is 0 Å². The number of anilines is 1. The molecule has 0 unspecified atom stereocenters. The predicted molar refractivity (Wildman–Crippen MR) is 84.0 cm³/mol. The summed E-state index contributed by atoms with van der Waals surface area (Å²) >= 11 is 0. The van der Waals surface area contributed by atoms with Gasteiger partial charge in [-0.1, -0.05) is 6.92 Å². The van der Waals surface area contributed by atoms with Crippen molar-refractivity contribution in [2.75, 3.05) is 18.8 Å². The van der Waals surface area contributed by atoms with Gasteiger partial charge < -0.3 is 10.7 Å². The maximum Gasteiger partial charge on any atom is 0.254 e. The molecule has 0 saturated heterocycles. The van der Waals surface area contributed by atoms with E-state index in [1.165, 1.54) is 0 Å². The summed E-state index contributed by atoms with van der Waals surface area (Å²) < 4.78 is 0. The van der Waals surface area contributed by atoms with Crippen LogP contribution in [-0.4, -0.2) is 28.0 Å². The smallest absolute Gasteiger partial charge is 0.254 e. The van der Waals surface area contributed by atoms with E-state index < -0.39 is 0 Å². The first-order valence-corrected chi connectivity index (χ1v) is 7.37. The number of H-pyrrole nitrogens is 1. The molecule has 1 aromatic heterocycles. The number of fused-ring (bicyclic) bond motifs is 1. The van der Waals surface area contributed by atoms with Gasteiger partial charge in [0.05, 0.1) is 5.69 Å². The molecule has 2 aromatic rings. The highest BCUT2D eigenvalue weighted by molar-refractivity contribution is 5.58. The van der Waals surface area contributed by atoms with Gasteiger partial charge in [0.15, 0.2) is 0 Å². The average Bonchev–Trinajstić information content (AvgIpc) is 2.48. The van der Waals surface area contributed by atoms with E-state index in [1.54, 1.807) is 0 Å². The number of nitrogens with zero attached hydrogens (tertiary/aromatic N) is 2. The van der Waals surface area contributed by atoms with Gasteiger partial charge in [0.1, 0.15) is 5.82 Å². The van der Waals surface area contributed by atoms with Gasteiger partial charge in [-0.3, -0.25) is 9.69 Å². The molecule has 0 radical (unpaired) electrons. The Morgan fingerprint density at radius 2 is 2.10 bits per heavy atom. The molecule has 0 amide bonds. The molecule has 0 bridgehead atoms. The lowest BCUT2D eigenvalue weighted by molar-refractivity contribution is 0.250. The minimum absolute atomic E-state index is 0.0111. The normalized spacial score (nSPS) is 14.9. The molecule has 2 heterocycles. The zero-order chi connectivity index (χ0) is 14.8. The van der Waals surface area contributed by atoms with Crippen molar-refractivity contribution in [3.8, 4) is 11.4 Å². The molecule has 1 aromatic carbocycles. The lowest BCUT2D eigenvalue weighted by Gasteiger charge is -2.27. The van der Waals surface area contributed by atoms with Gasteiger partial charge in [0, 0.05) is 29.9 Å². The van der Waals surface area contributed by atoms with Crippen molar-refractivity contribution >= 4 is 5.69 Å². The van der Waals surface area contributed by atoms with E-state index >= 15 is 0 Å². The number of rotatable bonds is 3. The first-order chi connectivity index (χ1) is 10.2. The quantitative estimate of drug-likeness (QED) is 0.843. The number of nitrogens with one attached hydrogen (secondary N) is 1. The molecule has 0 spiro atoms. The van der Waals surface area contributed by atoms with Crippen LogP contribution in [0, 0.1) is 0 Å². The van der Waals surface area contributed by atoms with Crippen molar-refractivity contribution in [3.05, 3.63) is 45.9 Å². The van der Waals surface area contributed by atoms with Crippen molar-refractivity contribution < 1.29 is 0 Å². The van der Waals surface area contributed by atoms with Crippen LogP contribution >= 0.6 is 0 Å². The third-order valence-electron chi connectivity index (χ3n) is 3.88. The number of benzene rings is 1. The van der Waals surface area contributed by atoms with Gasteiger partial charge in [-0.15, -0.1) is 0 Å². The van der Waals surface area contributed by atoms with Gasteiger partial charge in [-0.25, -0.2) is 4.98 Å². The molecule has 0 saturated carbocycles. The molecule has 1 aliphatic heterocycles. The third kappa shape index (κ3) is 2.83. The lowest BCUT2D eigenvalue weighted by Crippen LogP contribution is -2.35. The summed E-state index contributed by atoms with van der Waals surface area (Å²) in [4.78, 5) is 22.2. The van der Waals surface area contributed by atoms with Crippen molar-refractivity contribution in [2.45, 2.75) is 26.3 Å². The third-order valence-corrected chi connectivity index (χ3v) is 3.88. The summed E-state index contributed by atoms with van der Waals surface area (Å²) in [6.45, 7) is 4.91. The fraction of sp³-hybridized carbons (Fsp3) is 0.375. The maximum absolute atomic E-state index is 12.3. The van der Waals surface area contributed by atoms with Crippen LogP contribution in [0.5, 0.6) is 0 Å². The van der Waals surface area contributed by atoms with Crippen molar-refractivity contribution in [2.24, 2.45) is 0 Å². The molecule has 5 nitrogen and oxygen atoms in total. The fourth-order valence-corrected chi connectivity index (χ4v) is 2.78. The number of nitrogens with two attached hydrogens (primary N) is 1. The summed E-state index contributed by atoms with van der Waals surface area (Å²) in [5.74, 6) is 0.622. The van der Waals surface area contributed by atoms with Gasteiger partial charge >= 0.3 is 0 Å². The zero-order valence-electron chi connectivity index (χ0n) is 12.2. The van der Waals surface area contributed by atoms with Crippen LogP contribution in [0.25, 0.3) is 11.4 Å². The van der Waals surface area contributed by atoms with Crippen LogP contribution in [-0.2, 0) is 13.0 Å². The van der Waals surface area contributed by atoms with Gasteiger partial charge in [0.2, 0.25) is 0 Å². The van der Waals surface area contributed by atoms with Crippen LogP contribution in [0.3, 0.4) is 0 Å². The fourth-order valence-electron chi connectivity index (χ4n) is 2.78. The Hall–Kier alpha value is -2.14. The number of aromatic amines is 1. The highest BCUT2D eigenvalue weighted by Gasteiger charge is 2.20. The molecule has 1 aliphatic rings. The van der Waals surface area contributed by atoms with Crippen molar-refractivity contribution in [3.63, 3.8) is 0 Å². The molecule has 0 fully saturated rings.